The molecule has 0 aliphatic carbocycles. The maximum atomic E-state index is 4.68. The molecule has 0 aromatic carbocycles. The summed E-state index contributed by atoms with van der Waals surface area (Å²) < 4.78 is 2.17. The fourth-order valence-electron chi connectivity index (χ4n) is 2.22. The molecule has 0 saturated heterocycles. The first-order valence-electron chi connectivity index (χ1n) is 5.55. The standard InChI is InChI=1S/C11H20N4/c1-8(2)15-11-7-14(4)6-9(11)10(13-15)5-12-3/h8,12H,5-7H2,1-4H3. The first-order chi connectivity index (χ1) is 7.13. The Balaban J connectivity index is 2.39. The van der Waals surface area contributed by atoms with Gasteiger partial charge < -0.3 is 5.32 Å². The lowest BCUT2D eigenvalue weighted by molar-refractivity contribution is 0.335. The Hall–Kier alpha value is -0.870. The minimum atomic E-state index is 0.454. The molecule has 2 heterocycles. The van der Waals surface area contributed by atoms with Crippen LogP contribution in [-0.4, -0.2) is 28.8 Å². The molecule has 1 aliphatic rings. The second kappa shape index (κ2) is 3.94. The van der Waals surface area contributed by atoms with Gasteiger partial charge in [-0.25, -0.2) is 0 Å². The molecule has 2 rings (SSSR count). The molecule has 15 heavy (non-hydrogen) atoms. The third-order valence-electron chi connectivity index (χ3n) is 2.88. The van der Waals surface area contributed by atoms with Crippen LogP contribution in [0.4, 0.5) is 0 Å². The van der Waals surface area contributed by atoms with Crippen molar-refractivity contribution in [2.75, 3.05) is 14.1 Å². The van der Waals surface area contributed by atoms with E-state index < -0.39 is 0 Å². The van der Waals surface area contributed by atoms with Crippen molar-refractivity contribution in [2.24, 2.45) is 0 Å². The molecule has 0 saturated carbocycles. The van der Waals surface area contributed by atoms with Gasteiger partial charge in [-0.05, 0) is 27.9 Å². The number of hydrogen-bond donors (Lipinski definition) is 1. The van der Waals surface area contributed by atoms with Gasteiger partial charge in [-0.15, -0.1) is 0 Å². The topological polar surface area (TPSA) is 33.1 Å². The second-order valence-electron chi connectivity index (χ2n) is 4.61. The van der Waals surface area contributed by atoms with E-state index in [4.69, 9.17) is 0 Å². The summed E-state index contributed by atoms with van der Waals surface area (Å²) in [5, 5.41) is 7.87. The fraction of sp³-hybridized carbons (Fsp3) is 0.727. The summed E-state index contributed by atoms with van der Waals surface area (Å²) in [4.78, 5) is 2.34. The highest BCUT2D eigenvalue weighted by Crippen LogP contribution is 2.26. The first-order valence-corrected chi connectivity index (χ1v) is 5.55. The van der Waals surface area contributed by atoms with E-state index in [2.05, 4.69) is 40.9 Å². The van der Waals surface area contributed by atoms with Gasteiger partial charge in [0.05, 0.1) is 11.4 Å². The van der Waals surface area contributed by atoms with E-state index in [9.17, 15) is 0 Å². The molecule has 0 unspecified atom stereocenters. The van der Waals surface area contributed by atoms with Gasteiger partial charge in [-0.2, -0.15) is 5.10 Å². The van der Waals surface area contributed by atoms with Gasteiger partial charge in [0.2, 0.25) is 0 Å². The van der Waals surface area contributed by atoms with Crippen LogP contribution >= 0.6 is 0 Å². The third-order valence-corrected chi connectivity index (χ3v) is 2.88. The lowest BCUT2D eigenvalue weighted by Gasteiger charge is -2.11. The molecule has 1 aliphatic heterocycles. The van der Waals surface area contributed by atoms with Gasteiger partial charge in [0, 0.05) is 31.2 Å². The summed E-state index contributed by atoms with van der Waals surface area (Å²) in [6.45, 7) is 7.32. The smallest absolute Gasteiger partial charge is 0.0810 e. The fourth-order valence-corrected chi connectivity index (χ4v) is 2.22. The van der Waals surface area contributed by atoms with E-state index in [1.54, 1.807) is 0 Å². The van der Waals surface area contributed by atoms with Crippen LogP contribution < -0.4 is 5.32 Å². The molecule has 1 N–H and O–H groups in total. The molecule has 84 valence electrons. The molecule has 1 aromatic rings. The van der Waals surface area contributed by atoms with Gasteiger partial charge in [-0.3, -0.25) is 9.58 Å². The highest BCUT2D eigenvalue weighted by molar-refractivity contribution is 5.30. The molecule has 0 bridgehead atoms. The highest BCUT2D eigenvalue weighted by Gasteiger charge is 2.25. The van der Waals surface area contributed by atoms with Gasteiger partial charge >= 0.3 is 0 Å². The summed E-state index contributed by atoms with van der Waals surface area (Å²) in [6.07, 6.45) is 0. The number of hydrogen-bond acceptors (Lipinski definition) is 3. The SMILES string of the molecule is CNCc1nn(C(C)C)c2c1CN(C)C2. The second-order valence-corrected chi connectivity index (χ2v) is 4.61. The zero-order chi connectivity index (χ0) is 11.0. The summed E-state index contributed by atoms with van der Waals surface area (Å²) >= 11 is 0. The molecule has 4 heteroatoms. The van der Waals surface area contributed by atoms with Crippen molar-refractivity contribution in [1.82, 2.24) is 20.0 Å². The maximum absolute atomic E-state index is 4.68. The zero-order valence-electron chi connectivity index (χ0n) is 10.0. The number of nitrogens with zero attached hydrogens (tertiary/aromatic N) is 3. The Bertz CT molecular complexity index is 354. The monoisotopic (exact) mass is 208 g/mol. The van der Waals surface area contributed by atoms with Crippen molar-refractivity contribution < 1.29 is 0 Å². The normalized spacial score (nSPS) is 16.3. The largest absolute Gasteiger partial charge is 0.314 e. The van der Waals surface area contributed by atoms with Crippen LogP contribution in [0.3, 0.4) is 0 Å². The molecule has 0 spiro atoms. The lowest BCUT2D eigenvalue weighted by atomic mass is 10.2. The van der Waals surface area contributed by atoms with Crippen molar-refractivity contribution in [3.8, 4) is 0 Å². The average molecular weight is 208 g/mol. The third kappa shape index (κ3) is 1.79. The molecule has 1 aromatic heterocycles. The molecule has 0 atom stereocenters. The maximum Gasteiger partial charge on any atom is 0.0810 e. The highest BCUT2D eigenvalue weighted by atomic mass is 15.3. The Labute approximate surface area is 91.3 Å². The summed E-state index contributed by atoms with van der Waals surface area (Å²) in [6, 6.07) is 0.454. The van der Waals surface area contributed by atoms with E-state index in [0.717, 1.165) is 19.6 Å². The van der Waals surface area contributed by atoms with Crippen LogP contribution in [-0.2, 0) is 19.6 Å². The van der Waals surface area contributed by atoms with E-state index >= 15 is 0 Å². The minimum Gasteiger partial charge on any atom is -0.314 e. The van der Waals surface area contributed by atoms with Gasteiger partial charge in [0.1, 0.15) is 0 Å². The van der Waals surface area contributed by atoms with Crippen molar-refractivity contribution in [3.63, 3.8) is 0 Å². The summed E-state index contributed by atoms with van der Waals surface area (Å²) in [5.41, 5.74) is 4.05. The van der Waals surface area contributed by atoms with Crippen LogP contribution in [0, 0.1) is 0 Å². The van der Waals surface area contributed by atoms with Crippen LogP contribution in [0.15, 0.2) is 0 Å². The van der Waals surface area contributed by atoms with Gasteiger partial charge in [0.15, 0.2) is 0 Å². The lowest BCUT2D eigenvalue weighted by Crippen LogP contribution is -2.15. The molecule has 0 amide bonds. The quantitative estimate of drug-likeness (QED) is 0.808. The van der Waals surface area contributed by atoms with Gasteiger partial charge in [-0.1, -0.05) is 0 Å². The Morgan fingerprint density at radius 3 is 2.73 bits per heavy atom. The summed E-state index contributed by atoms with van der Waals surface area (Å²) in [5.74, 6) is 0. The molecule has 0 radical (unpaired) electrons. The van der Waals surface area contributed by atoms with Crippen molar-refractivity contribution in [2.45, 2.75) is 39.5 Å². The summed E-state index contributed by atoms with van der Waals surface area (Å²) in [7, 11) is 4.13. The van der Waals surface area contributed by atoms with Crippen molar-refractivity contribution in [1.29, 1.82) is 0 Å². The first kappa shape index (κ1) is 10.6. The van der Waals surface area contributed by atoms with E-state index in [1.807, 2.05) is 7.05 Å². The Kier molecular flexibility index (Phi) is 2.80. The van der Waals surface area contributed by atoms with Crippen LogP contribution in [0.25, 0.3) is 0 Å². The van der Waals surface area contributed by atoms with Crippen LogP contribution in [0.2, 0.25) is 0 Å². The minimum absolute atomic E-state index is 0.454. The van der Waals surface area contributed by atoms with Crippen LogP contribution in [0.1, 0.15) is 36.8 Å². The van der Waals surface area contributed by atoms with Crippen molar-refractivity contribution >= 4 is 0 Å². The van der Waals surface area contributed by atoms with E-state index in [1.165, 1.54) is 17.0 Å². The Morgan fingerprint density at radius 2 is 2.13 bits per heavy atom. The number of fused-ring (bicyclic) bond motifs is 1. The number of nitrogens with one attached hydrogen (secondary N) is 1. The predicted octanol–water partition coefficient (Wildman–Crippen LogP) is 1.13. The van der Waals surface area contributed by atoms with Crippen molar-refractivity contribution in [3.05, 3.63) is 17.0 Å². The van der Waals surface area contributed by atoms with Gasteiger partial charge in [0.25, 0.3) is 0 Å². The Morgan fingerprint density at radius 1 is 1.40 bits per heavy atom. The average Bonchev–Trinajstić information content (AvgIpc) is 2.65. The van der Waals surface area contributed by atoms with E-state index in [0.29, 0.717) is 6.04 Å². The molecule has 4 nitrogen and oxygen atoms in total. The number of aromatic nitrogens is 2. The zero-order valence-corrected chi connectivity index (χ0v) is 10.0. The molecular weight excluding hydrogens is 188 g/mol. The predicted molar refractivity (Wildman–Crippen MR) is 60.5 cm³/mol. The molecule has 0 fully saturated rings. The molecular formula is C11H20N4. The van der Waals surface area contributed by atoms with Crippen LogP contribution in [0.5, 0.6) is 0 Å². The number of rotatable bonds is 3. The van der Waals surface area contributed by atoms with E-state index in [-0.39, 0.29) is 0 Å².